The van der Waals surface area contributed by atoms with E-state index in [-0.39, 0.29) is 5.97 Å². The molecule has 100 valence electrons. The number of carbonyl (C=O) groups excluding carboxylic acids is 1. The number of esters is 1. The second kappa shape index (κ2) is 6.36. The number of carbonyl (C=O) groups is 1. The highest BCUT2D eigenvalue weighted by atomic mass is 16.5. The summed E-state index contributed by atoms with van der Waals surface area (Å²) < 4.78 is 4.97. The minimum Gasteiger partial charge on any atom is -0.468 e. The third-order valence-electron chi connectivity index (χ3n) is 3.91. The van der Waals surface area contributed by atoms with Crippen molar-refractivity contribution in [3.63, 3.8) is 0 Å². The molecule has 4 heteroatoms. The molecule has 1 rings (SSSR count). The van der Waals surface area contributed by atoms with Gasteiger partial charge in [-0.3, -0.25) is 4.79 Å². The van der Waals surface area contributed by atoms with Crippen LogP contribution in [-0.4, -0.2) is 49.2 Å². The quantitative estimate of drug-likeness (QED) is 0.715. The van der Waals surface area contributed by atoms with Gasteiger partial charge in [-0.15, -0.1) is 0 Å². The minimum absolute atomic E-state index is 0.103. The van der Waals surface area contributed by atoms with Gasteiger partial charge < -0.3 is 15.0 Å². The number of hydrogen-bond donors (Lipinski definition) is 1. The van der Waals surface area contributed by atoms with Crippen molar-refractivity contribution in [1.82, 2.24) is 10.2 Å². The molecule has 0 radical (unpaired) electrons. The molecule has 0 spiro atoms. The van der Waals surface area contributed by atoms with Crippen molar-refractivity contribution >= 4 is 5.97 Å². The topological polar surface area (TPSA) is 41.6 Å². The van der Waals surface area contributed by atoms with Crippen LogP contribution in [0.2, 0.25) is 0 Å². The average Bonchev–Trinajstić information content (AvgIpc) is 2.76. The van der Waals surface area contributed by atoms with E-state index >= 15 is 0 Å². The number of hydrogen-bond acceptors (Lipinski definition) is 4. The molecule has 1 saturated carbocycles. The van der Waals surface area contributed by atoms with E-state index in [1.54, 1.807) is 0 Å². The summed E-state index contributed by atoms with van der Waals surface area (Å²) in [5, 5.41) is 3.34. The minimum atomic E-state index is -0.448. The Hall–Kier alpha value is -0.610. The van der Waals surface area contributed by atoms with E-state index in [4.69, 9.17) is 4.74 Å². The zero-order valence-corrected chi connectivity index (χ0v) is 11.6. The Kier molecular flexibility index (Phi) is 5.40. The van der Waals surface area contributed by atoms with Crippen LogP contribution in [0.4, 0.5) is 0 Å². The van der Waals surface area contributed by atoms with Gasteiger partial charge in [0, 0.05) is 6.04 Å². The Morgan fingerprint density at radius 1 is 1.41 bits per heavy atom. The van der Waals surface area contributed by atoms with E-state index < -0.39 is 5.54 Å². The maximum Gasteiger partial charge on any atom is 0.326 e. The molecule has 0 aromatic carbocycles. The zero-order chi connectivity index (χ0) is 12.9. The largest absolute Gasteiger partial charge is 0.468 e. The Balaban J connectivity index is 2.74. The monoisotopic (exact) mass is 242 g/mol. The van der Waals surface area contributed by atoms with Gasteiger partial charge in [0.15, 0.2) is 0 Å². The summed E-state index contributed by atoms with van der Waals surface area (Å²) in [7, 11) is 1.48. The predicted octanol–water partition coefficient (Wildman–Crippen LogP) is 1.40. The number of nitrogens with zero attached hydrogens (tertiary/aromatic N) is 1. The molecule has 1 fully saturated rings. The molecule has 0 heterocycles. The highest BCUT2D eigenvalue weighted by Gasteiger charge is 2.46. The van der Waals surface area contributed by atoms with E-state index in [0.717, 1.165) is 38.9 Å². The fourth-order valence-electron chi connectivity index (χ4n) is 3.02. The zero-order valence-electron chi connectivity index (χ0n) is 11.6. The lowest BCUT2D eigenvalue weighted by Crippen LogP contribution is -2.52. The summed E-state index contributed by atoms with van der Waals surface area (Å²) in [5.41, 5.74) is -0.448. The van der Waals surface area contributed by atoms with E-state index in [2.05, 4.69) is 24.1 Å². The van der Waals surface area contributed by atoms with Crippen LogP contribution >= 0.6 is 0 Å². The van der Waals surface area contributed by atoms with Gasteiger partial charge in [0.1, 0.15) is 5.54 Å². The molecule has 2 unspecified atom stereocenters. The lowest BCUT2D eigenvalue weighted by atomic mass is 9.97. The van der Waals surface area contributed by atoms with Crippen LogP contribution in [0.5, 0.6) is 0 Å². The molecule has 0 amide bonds. The van der Waals surface area contributed by atoms with Gasteiger partial charge in [-0.25, -0.2) is 0 Å². The second-order valence-corrected chi connectivity index (χ2v) is 4.72. The first-order chi connectivity index (χ1) is 8.13. The SMILES string of the molecule is CCNC1(C(=O)OC)CCC(N(CC)CC)C1. The molecule has 0 aromatic rings. The molecule has 17 heavy (non-hydrogen) atoms. The van der Waals surface area contributed by atoms with E-state index in [9.17, 15) is 4.79 Å². The first-order valence-corrected chi connectivity index (χ1v) is 6.71. The number of nitrogens with one attached hydrogen (secondary N) is 1. The van der Waals surface area contributed by atoms with E-state index in [1.165, 1.54) is 7.11 Å². The third kappa shape index (κ3) is 2.99. The van der Waals surface area contributed by atoms with Crippen LogP contribution in [0, 0.1) is 0 Å². The van der Waals surface area contributed by atoms with Crippen molar-refractivity contribution in [2.45, 2.75) is 51.6 Å². The van der Waals surface area contributed by atoms with Gasteiger partial charge in [0.2, 0.25) is 0 Å². The maximum absolute atomic E-state index is 12.0. The molecular weight excluding hydrogens is 216 g/mol. The van der Waals surface area contributed by atoms with E-state index in [1.807, 2.05) is 6.92 Å². The van der Waals surface area contributed by atoms with Crippen LogP contribution < -0.4 is 5.32 Å². The van der Waals surface area contributed by atoms with Crippen molar-refractivity contribution in [2.24, 2.45) is 0 Å². The Morgan fingerprint density at radius 3 is 2.53 bits per heavy atom. The van der Waals surface area contributed by atoms with Crippen LogP contribution in [0.25, 0.3) is 0 Å². The van der Waals surface area contributed by atoms with Crippen molar-refractivity contribution in [1.29, 1.82) is 0 Å². The molecule has 0 bridgehead atoms. The fourth-order valence-corrected chi connectivity index (χ4v) is 3.02. The molecule has 0 aliphatic heterocycles. The number of likely N-dealkylation sites (N-methyl/N-ethyl adjacent to an activating group) is 1. The summed E-state index contributed by atoms with van der Waals surface area (Å²) in [4.78, 5) is 14.4. The molecular formula is C13H26N2O2. The summed E-state index contributed by atoms with van der Waals surface area (Å²) in [6.45, 7) is 9.29. The Bertz CT molecular complexity index is 254. The Morgan fingerprint density at radius 2 is 2.06 bits per heavy atom. The number of rotatable bonds is 6. The summed E-state index contributed by atoms with van der Waals surface area (Å²) in [6, 6.07) is 0.503. The van der Waals surface area contributed by atoms with Crippen molar-refractivity contribution in [2.75, 3.05) is 26.7 Å². The lowest BCUT2D eigenvalue weighted by molar-refractivity contribution is -0.148. The first kappa shape index (κ1) is 14.5. The smallest absolute Gasteiger partial charge is 0.326 e. The van der Waals surface area contributed by atoms with Gasteiger partial charge in [-0.05, 0) is 38.9 Å². The first-order valence-electron chi connectivity index (χ1n) is 6.71. The molecule has 1 aliphatic rings. The van der Waals surface area contributed by atoms with Gasteiger partial charge in [0.25, 0.3) is 0 Å². The second-order valence-electron chi connectivity index (χ2n) is 4.72. The molecule has 2 atom stereocenters. The Labute approximate surface area is 105 Å². The lowest BCUT2D eigenvalue weighted by Gasteiger charge is -2.30. The fraction of sp³-hybridized carbons (Fsp3) is 0.923. The highest BCUT2D eigenvalue weighted by molar-refractivity contribution is 5.81. The molecule has 0 saturated heterocycles. The normalized spacial score (nSPS) is 28.6. The van der Waals surface area contributed by atoms with Crippen LogP contribution in [0.15, 0.2) is 0 Å². The van der Waals surface area contributed by atoms with Gasteiger partial charge in [0.05, 0.1) is 7.11 Å². The molecule has 1 N–H and O–H groups in total. The van der Waals surface area contributed by atoms with Gasteiger partial charge in [-0.1, -0.05) is 20.8 Å². The molecule has 4 nitrogen and oxygen atoms in total. The van der Waals surface area contributed by atoms with Crippen LogP contribution in [0.3, 0.4) is 0 Å². The van der Waals surface area contributed by atoms with Gasteiger partial charge >= 0.3 is 5.97 Å². The van der Waals surface area contributed by atoms with Crippen molar-refractivity contribution in [3.8, 4) is 0 Å². The van der Waals surface area contributed by atoms with Crippen molar-refractivity contribution < 1.29 is 9.53 Å². The number of methoxy groups -OCH3 is 1. The van der Waals surface area contributed by atoms with Crippen LogP contribution in [0.1, 0.15) is 40.0 Å². The summed E-state index contributed by atoms with van der Waals surface area (Å²) in [5.74, 6) is -0.103. The summed E-state index contributed by atoms with van der Waals surface area (Å²) >= 11 is 0. The predicted molar refractivity (Wildman–Crippen MR) is 69.0 cm³/mol. The standard InChI is InChI=1S/C13H26N2O2/c1-5-14-13(12(16)17-4)9-8-11(10-13)15(6-2)7-3/h11,14H,5-10H2,1-4H3. The molecule has 1 aliphatic carbocycles. The van der Waals surface area contributed by atoms with Crippen molar-refractivity contribution in [3.05, 3.63) is 0 Å². The highest BCUT2D eigenvalue weighted by Crippen LogP contribution is 2.34. The third-order valence-corrected chi connectivity index (χ3v) is 3.91. The van der Waals surface area contributed by atoms with Crippen LogP contribution in [-0.2, 0) is 9.53 Å². The summed E-state index contributed by atoms with van der Waals surface area (Å²) in [6.07, 6.45) is 2.83. The average molecular weight is 242 g/mol. The number of ether oxygens (including phenoxy) is 1. The van der Waals surface area contributed by atoms with E-state index in [0.29, 0.717) is 6.04 Å². The molecule has 0 aromatic heterocycles. The van der Waals surface area contributed by atoms with Gasteiger partial charge in [-0.2, -0.15) is 0 Å². The maximum atomic E-state index is 12.0.